The molecule has 144 valence electrons. The van der Waals surface area contributed by atoms with Crippen LogP contribution < -0.4 is 20.3 Å². The summed E-state index contributed by atoms with van der Waals surface area (Å²) in [5.41, 5.74) is 0.773. The predicted molar refractivity (Wildman–Crippen MR) is 103 cm³/mol. The summed E-state index contributed by atoms with van der Waals surface area (Å²) in [6.07, 6.45) is 7.56. The molecule has 0 spiro atoms. The van der Waals surface area contributed by atoms with Crippen molar-refractivity contribution in [2.45, 2.75) is 56.8 Å². The number of hydrogen-bond donors (Lipinski definition) is 3. The van der Waals surface area contributed by atoms with E-state index < -0.39 is 0 Å². The lowest BCUT2D eigenvalue weighted by Crippen LogP contribution is -3.20. The molecule has 1 aromatic heterocycles. The summed E-state index contributed by atoms with van der Waals surface area (Å²) in [4.78, 5) is 14.0. The molecule has 4 rings (SSSR count). The van der Waals surface area contributed by atoms with Gasteiger partial charge in [-0.15, -0.1) is 0 Å². The van der Waals surface area contributed by atoms with Gasteiger partial charge in [0.25, 0.3) is 0 Å². The number of quaternary nitrogens is 1. The van der Waals surface area contributed by atoms with Crippen molar-refractivity contribution >= 4 is 11.7 Å². The number of carbonyl (C=O) groups excluding carboxylic acids is 1. The number of benzene rings is 1. The van der Waals surface area contributed by atoms with E-state index in [1.54, 1.807) is 18.3 Å². The van der Waals surface area contributed by atoms with Crippen LogP contribution in [0.3, 0.4) is 0 Å². The van der Waals surface area contributed by atoms with Crippen molar-refractivity contribution < 1.29 is 18.8 Å². The maximum Gasteiger partial charge on any atom is 0.319 e. The third-order valence-electron chi connectivity index (χ3n) is 5.93. The molecule has 3 N–H and O–H groups in total. The SMILES string of the molecule is COc1ccc(NC(=O)NC2C[C@H]3CCC[C@@H](C2)[NH+]3Cc2ccco2)cc1. The van der Waals surface area contributed by atoms with Crippen LogP contribution in [0.1, 0.15) is 37.9 Å². The second-order valence-corrected chi connectivity index (χ2v) is 7.65. The molecule has 4 atom stereocenters. The fraction of sp³-hybridized carbons (Fsp3) is 0.476. The van der Waals surface area contributed by atoms with Gasteiger partial charge in [0.2, 0.25) is 0 Å². The van der Waals surface area contributed by atoms with Crippen molar-refractivity contribution in [1.82, 2.24) is 5.32 Å². The van der Waals surface area contributed by atoms with Gasteiger partial charge in [0.1, 0.15) is 12.3 Å². The van der Waals surface area contributed by atoms with Crippen LogP contribution in [0.2, 0.25) is 0 Å². The number of urea groups is 1. The second-order valence-electron chi connectivity index (χ2n) is 7.65. The van der Waals surface area contributed by atoms with Crippen molar-refractivity contribution in [1.29, 1.82) is 0 Å². The van der Waals surface area contributed by atoms with Crippen molar-refractivity contribution in [2.24, 2.45) is 0 Å². The Morgan fingerprint density at radius 1 is 1.19 bits per heavy atom. The maximum absolute atomic E-state index is 12.4. The average molecular weight is 370 g/mol. The van der Waals surface area contributed by atoms with Gasteiger partial charge in [0.15, 0.2) is 5.76 Å². The average Bonchev–Trinajstić information content (AvgIpc) is 3.16. The van der Waals surface area contributed by atoms with Crippen molar-refractivity contribution in [3.05, 3.63) is 48.4 Å². The lowest BCUT2D eigenvalue weighted by molar-refractivity contribution is -0.974. The van der Waals surface area contributed by atoms with Gasteiger partial charge in [-0.1, -0.05) is 0 Å². The third kappa shape index (κ3) is 4.27. The zero-order valence-electron chi connectivity index (χ0n) is 15.7. The van der Waals surface area contributed by atoms with E-state index in [2.05, 4.69) is 16.7 Å². The summed E-state index contributed by atoms with van der Waals surface area (Å²) in [5, 5.41) is 6.11. The van der Waals surface area contributed by atoms with E-state index in [1.807, 2.05) is 30.3 Å². The molecule has 2 amide bonds. The van der Waals surface area contributed by atoms with Crippen LogP contribution in [-0.2, 0) is 6.54 Å². The first kappa shape index (κ1) is 17.9. The molecular formula is C21H28N3O3+. The molecule has 2 fully saturated rings. The highest BCUT2D eigenvalue weighted by Crippen LogP contribution is 2.23. The van der Waals surface area contributed by atoms with Crippen molar-refractivity contribution in [3.8, 4) is 5.75 Å². The smallest absolute Gasteiger partial charge is 0.319 e. The van der Waals surface area contributed by atoms with Gasteiger partial charge in [-0.25, -0.2) is 4.79 Å². The number of fused-ring (bicyclic) bond motifs is 2. The highest BCUT2D eigenvalue weighted by Gasteiger charge is 2.42. The fourth-order valence-electron chi connectivity index (χ4n) is 4.68. The summed E-state index contributed by atoms with van der Waals surface area (Å²) < 4.78 is 10.7. The molecule has 2 unspecified atom stereocenters. The van der Waals surface area contributed by atoms with E-state index in [1.165, 1.54) is 19.3 Å². The quantitative estimate of drug-likeness (QED) is 0.758. The lowest BCUT2D eigenvalue weighted by atomic mass is 9.81. The normalized spacial score (nSPS) is 27.0. The first-order valence-electron chi connectivity index (χ1n) is 9.81. The van der Waals surface area contributed by atoms with Gasteiger partial charge < -0.3 is 24.7 Å². The minimum Gasteiger partial charge on any atom is -0.497 e. The second kappa shape index (κ2) is 8.05. The largest absolute Gasteiger partial charge is 0.497 e. The molecular weight excluding hydrogens is 342 g/mol. The van der Waals surface area contributed by atoms with Crippen LogP contribution >= 0.6 is 0 Å². The number of rotatable bonds is 5. The number of anilines is 1. The highest BCUT2D eigenvalue weighted by molar-refractivity contribution is 5.89. The van der Waals surface area contributed by atoms with E-state index in [4.69, 9.17) is 9.15 Å². The topological polar surface area (TPSA) is 67.9 Å². The number of carbonyl (C=O) groups is 1. The Kier molecular flexibility index (Phi) is 5.34. The van der Waals surface area contributed by atoms with Crippen molar-refractivity contribution in [2.75, 3.05) is 12.4 Å². The Morgan fingerprint density at radius 3 is 2.56 bits per heavy atom. The fourth-order valence-corrected chi connectivity index (χ4v) is 4.68. The molecule has 2 aromatic rings. The first-order chi connectivity index (χ1) is 13.2. The molecule has 6 heteroatoms. The van der Waals surface area contributed by atoms with Crippen LogP contribution in [0.5, 0.6) is 5.75 Å². The Morgan fingerprint density at radius 2 is 1.93 bits per heavy atom. The summed E-state index contributed by atoms with van der Waals surface area (Å²) in [7, 11) is 1.63. The summed E-state index contributed by atoms with van der Waals surface area (Å²) in [6, 6.07) is 12.7. The molecule has 6 nitrogen and oxygen atoms in total. The molecule has 2 aliphatic heterocycles. The molecule has 2 bridgehead atoms. The lowest BCUT2D eigenvalue weighted by Gasteiger charge is -2.45. The number of methoxy groups -OCH3 is 1. The minimum absolute atomic E-state index is 0.127. The molecule has 3 heterocycles. The standard InChI is InChI=1S/C21H27N3O3/c1-26-19-9-7-15(8-10-19)22-21(25)23-16-12-17-4-2-5-18(13-16)24(17)14-20-6-3-11-27-20/h3,6-11,16-18H,2,4-5,12-14H2,1H3,(H2,22,23,25)/p+1/t16?,17-,18+. The molecule has 2 aliphatic rings. The number of ether oxygens (including phenoxy) is 1. The van der Waals surface area contributed by atoms with Crippen LogP contribution in [-0.4, -0.2) is 31.3 Å². The van der Waals surface area contributed by atoms with E-state index in [-0.39, 0.29) is 12.1 Å². The summed E-state index contributed by atoms with van der Waals surface area (Å²) in [6.45, 7) is 0.951. The zero-order chi connectivity index (χ0) is 18.6. The third-order valence-corrected chi connectivity index (χ3v) is 5.93. The number of hydrogen-bond acceptors (Lipinski definition) is 3. The molecule has 0 radical (unpaired) electrons. The van der Waals surface area contributed by atoms with Crippen LogP contribution in [0.25, 0.3) is 0 Å². The monoisotopic (exact) mass is 370 g/mol. The molecule has 27 heavy (non-hydrogen) atoms. The van der Waals surface area contributed by atoms with Gasteiger partial charge in [0, 0.05) is 24.6 Å². The number of amides is 2. The molecule has 0 saturated carbocycles. The minimum atomic E-state index is -0.127. The molecule has 0 aliphatic carbocycles. The number of nitrogens with one attached hydrogen (secondary N) is 3. The Balaban J connectivity index is 1.33. The Labute approximate surface area is 159 Å². The number of furan rings is 1. The Hall–Kier alpha value is -2.47. The molecule has 1 aromatic carbocycles. The highest BCUT2D eigenvalue weighted by atomic mass is 16.5. The first-order valence-corrected chi connectivity index (χ1v) is 9.81. The van der Waals surface area contributed by atoms with Crippen LogP contribution in [0, 0.1) is 0 Å². The predicted octanol–water partition coefficient (Wildman–Crippen LogP) is 2.58. The van der Waals surface area contributed by atoms with Gasteiger partial charge in [-0.2, -0.15) is 0 Å². The van der Waals surface area contributed by atoms with Crippen LogP contribution in [0.15, 0.2) is 47.1 Å². The van der Waals surface area contributed by atoms with Crippen molar-refractivity contribution in [3.63, 3.8) is 0 Å². The number of piperidine rings is 2. The van der Waals surface area contributed by atoms with E-state index in [9.17, 15) is 4.79 Å². The molecule has 2 saturated heterocycles. The van der Waals surface area contributed by atoms with Gasteiger partial charge in [-0.05, 0) is 55.7 Å². The summed E-state index contributed by atoms with van der Waals surface area (Å²) >= 11 is 0. The Bertz CT molecular complexity index is 731. The maximum atomic E-state index is 12.4. The van der Waals surface area contributed by atoms with Gasteiger partial charge in [-0.3, -0.25) is 0 Å². The summed E-state index contributed by atoms with van der Waals surface area (Å²) in [5.74, 6) is 1.84. The zero-order valence-corrected chi connectivity index (χ0v) is 15.7. The van der Waals surface area contributed by atoms with Crippen LogP contribution in [0.4, 0.5) is 10.5 Å². The van der Waals surface area contributed by atoms with E-state index >= 15 is 0 Å². The van der Waals surface area contributed by atoms with Gasteiger partial charge >= 0.3 is 6.03 Å². The van der Waals surface area contributed by atoms with Gasteiger partial charge in [0.05, 0.1) is 25.5 Å². The van der Waals surface area contributed by atoms with E-state index in [0.29, 0.717) is 12.1 Å². The van der Waals surface area contributed by atoms with E-state index in [0.717, 1.165) is 36.6 Å².